The van der Waals surface area contributed by atoms with Crippen molar-refractivity contribution in [2.24, 2.45) is 5.10 Å². The molecule has 7 nitrogen and oxygen atoms in total. The Balaban J connectivity index is 1.89. The van der Waals surface area contributed by atoms with Crippen LogP contribution in [-0.4, -0.2) is 36.1 Å². The van der Waals surface area contributed by atoms with Crippen LogP contribution in [0.2, 0.25) is 0 Å². The number of hydrogen-bond donors (Lipinski definition) is 1. The minimum absolute atomic E-state index is 0.0365. The van der Waals surface area contributed by atoms with Crippen molar-refractivity contribution < 1.29 is 19.1 Å². The molecular formula is C14H12BrN3O4. The van der Waals surface area contributed by atoms with Gasteiger partial charge in [0.05, 0.1) is 19.2 Å². The highest BCUT2D eigenvalue weighted by Crippen LogP contribution is 2.35. The molecular weight excluding hydrogens is 354 g/mol. The van der Waals surface area contributed by atoms with Crippen LogP contribution < -0.4 is 10.3 Å². The molecule has 3 rings (SSSR count). The molecule has 2 amide bonds. The van der Waals surface area contributed by atoms with Gasteiger partial charge in [-0.1, -0.05) is 22.0 Å². The van der Waals surface area contributed by atoms with E-state index in [2.05, 4.69) is 31.2 Å². The van der Waals surface area contributed by atoms with E-state index in [9.17, 15) is 14.4 Å². The summed E-state index contributed by atoms with van der Waals surface area (Å²) in [6.45, 7) is 0. The molecule has 0 radical (unpaired) electrons. The van der Waals surface area contributed by atoms with Crippen LogP contribution in [0, 0.1) is 0 Å². The van der Waals surface area contributed by atoms with Gasteiger partial charge in [-0.3, -0.25) is 15.0 Å². The van der Waals surface area contributed by atoms with Gasteiger partial charge in [0, 0.05) is 10.9 Å². The first kappa shape index (κ1) is 14.7. The Hall–Kier alpha value is -2.22. The summed E-state index contributed by atoms with van der Waals surface area (Å²) >= 11 is 3.31. The molecule has 0 aliphatic carbocycles. The molecule has 1 aromatic rings. The number of hydrazone groups is 1. The fourth-order valence-electron chi connectivity index (χ4n) is 2.62. The number of nitrogens with one attached hydrogen (secondary N) is 1. The van der Waals surface area contributed by atoms with E-state index in [0.29, 0.717) is 5.69 Å². The number of carbonyl (C=O) groups excluding carboxylic acids is 3. The van der Waals surface area contributed by atoms with Crippen LogP contribution in [0.5, 0.6) is 0 Å². The van der Waals surface area contributed by atoms with Crippen LogP contribution in [0.15, 0.2) is 33.8 Å². The van der Waals surface area contributed by atoms with Crippen LogP contribution in [0.4, 0.5) is 5.69 Å². The highest BCUT2D eigenvalue weighted by molar-refractivity contribution is 9.10. The number of benzene rings is 1. The van der Waals surface area contributed by atoms with Gasteiger partial charge in [-0.2, -0.15) is 5.10 Å². The highest BCUT2D eigenvalue weighted by Gasteiger charge is 2.56. The van der Waals surface area contributed by atoms with Crippen molar-refractivity contribution in [1.29, 1.82) is 0 Å². The Labute approximate surface area is 134 Å². The summed E-state index contributed by atoms with van der Waals surface area (Å²) in [4.78, 5) is 37.6. The fourth-order valence-corrected chi connectivity index (χ4v) is 3.00. The number of imide groups is 1. The third-order valence-electron chi connectivity index (χ3n) is 3.68. The van der Waals surface area contributed by atoms with Gasteiger partial charge >= 0.3 is 5.97 Å². The average molecular weight is 366 g/mol. The number of hydrogen-bond acceptors (Lipinski definition) is 6. The van der Waals surface area contributed by atoms with Gasteiger partial charge < -0.3 is 4.74 Å². The van der Waals surface area contributed by atoms with Crippen molar-refractivity contribution >= 4 is 45.1 Å². The number of esters is 1. The Morgan fingerprint density at radius 2 is 2.18 bits per heavy atom. The molecule has 1 atom stereocenters. The fraction of sp³-hybridized carbons (Fsp3) is 0.286. The van der Waals surface area contributed by atoms with Gasteiger partial charge in [-0.05, 0) is 18.2 Å². The molecule has 1 unspecified atom stereocenters. The lowest BCUT2D eigenvalue weighted by Crippen LogP contribution is -2.47. The van der Waals surface area contributed by atoms with E-state index in [1.54, 1.807) is 24.3 Å². The van der Waals surface area contributed by atoms with Crippen LogP contribution in [0.1, 0.15) is 12.8 Å². The lowest BCUT2D eigenvalue weighted by Gasteiger charge is -2.21. The Kier molecular flexibility index (Phi) is 3.48. The number of ether oxygens (including phenoxy) is 1. The van der Waals surface area contributed by atoms with E-state index >= 15 is 0 Å². The number of methoxy groups -OCH3 is 1. The molecule has 0 bridgehead atoms. The maximum atomic E-state index is 12.7. The highest BCUT2D eigenvalue weighted by atomic mass is 79.9. The van der Waals surface area contributed by atoms with Crippen molar-refractivity contribution in [3.05, 3.63) is 28.7 Å². The number of carbonyl (C=O) groups is 3. The number of amides is 2. The van der Waals surface area contributed by atoms with Crippen LogP contribution in [0.25, 0.3) is 0 Å². The normalized spacial score (nSPS) is 23.7. The molecule has 8 heteroatoms. The van der Waals surface area contributed by atoms with E-state index in [4.69, 9.17) is 0 Å². The van der Waals surface area contributed by atoms with Crippen molar-refractivity contribution in [2.75, 3.05) is 12.0 Å². The standard InChI is InChI=1S/C14H12BrN3O4/c1-22-12(20)10-6-14(17-16-10)7-11(19)18(13(14)21)9-4-2-3-8(15)5-9/h2-5,17H,6-7H2,1H3. The Bertz CT molecular complexity index is 718. The summed E-state index contributed by atoms with van der Waals surface area (Å²) in [6, 6.07) is 6.91. The topological polar surface area (TPSA) is 88.1 Å². The number of halogens is 1. The van der Waals surface area contributed by atoms with E-state index in [1.165, 1.54) is 7.11 Å². The first-order valence-corrected chi connectivity index (χ1v) is 7.31. The van der Waals surface area contributed by atoms with E-state index in [-0.39, 0.29) is 24.5 Å². The lowest BCUT2D eigenvalue weighted by molar-refractivity contribution is -0.132. The summed E-state index contributed by atoms with van der Waals surface area (Å²) in [6.07, 6.45) is -0.0168. The molecule has 1 N–H and O–H groups in total. The van der Waals surface area contributed by atoms with Crippen molar-refractivity contribution in [3.8, 4) is 0 Å². The molecule has 1 saturated heterocycles. The smallest absolute Gasteiger partial charge is 0.354 e. The van der Waals surface area contributed by atoms with Crippen LogP contribution in [-0.2, 0) is 19.1 Å². The van der Waals surface area contributed by atoms with E-state index < -0.39 is 17.4 Å². The van der Waals surface area contributed by atoms with Gasteiger partial charge in [0.15, 0.2) is 0 Å². The third kappa shape index (κ3) is 2.19. The van der Waals surface area contributed by atoms with Crippen molar-refractivity contribution in [2.45, 2.75) is 18.4 Å². The molecule has 1 spiro atoms. The molecule has 1 aromatic carbocycles. The second-order valence-corrected chi connectivity index (χ2v) is 6.03. The van der Waals surface area contributed by atoms with Crippen molar-refractivity contribution in [1.82, 2.24) is 5.43 Å². The van der Waals surface area contributed by atoms with E-state index in [1.807, 2.05) is 0 Å². The predicted octanol–water partition coefficient (Wildman–Crippen LogP) is 0.973. The molecule has 0 aromatic heterocycles. The zero-order valence-corrected chi connectivity index (χ0v) is 13.2. The summed E-state index contributed by atoms with van der Waals surface area (Å²) in [5.74, 6) is -1.36. The zero-order chi connectivity index (χ0) is 15.9. The van der Waals surface area contributed by atoms with Gasteiger partial charge in [-0.15, -0.1) is 0 Å². The van der Waals surface area contributed by atoms with Crippen LogP contribution in [0.3, 0.4) is 0 Å². The molecule has 22 heavy (non-hydrogen) atoms. The average Bonchev–Trinajstić information content (AvgIpc) is 3.01. The number of anilines is 1. The lowest BCUT2D eigenvalue weighted by atomic mass is 9.93. The molecule has 2 heterocycles. The summed E-state index contributed by atoms with van der Waals surface area (Å²) in [5, 5.41) is 3.86. The maximum absolute atomic E-state index is 12.7. The van der Waals surface area contributed by atoms with E-state index in [0.717, 1.165) is 9.37 Å². The zero-order valence-electron chi connectivity index (χ0n) is 11.6. The summed E-state index contributed by atoms with van der Waals surface area (Å²) in [5.41, 5.74) is 2.06. The SMILES string of the molecule is COC(=O)C1=NNC2(CC(=O)N(c3cccc(Br)c3)C2=O)C1. The molecule has 2 aliphatic heterocycles. The van der Waals surface area contributed by atoms with Crippen LogP contribution >= 0.6 is 15.9 Å². The third-order valence-corrected chi connectivity index (χ3v) is 4.17. The first-order chi connectivity index (χ1) is 10.5. The van der Waals surface area contributed by atoms with Gasteiger partial charge in [0.2, 0.25) is 5.91 Å². The number of nitrogens with zero attached hydrogens (tertiary/aromatic N) is 2. The summed E-state index contributed by atoms with van der Waals surface area (Å²) in [7, 11) is 1.24. The first-order valence-electron chi connectivity index (χ1n) is 6.52. The minimum Gasteiger partial charge on any atom is -0.464 e. The second kappa shape index (κ2) is 5.20. The Morgan fingerprint density at radius 1 is 1.41 bits per heavy atom. The van der Waals surface area contributed by atoms with Crippen molar-refractivity contribution in [3.63, 3.8) is 0 Å². The molecule has 0 saturated carbocycles. The van der Waals surface area contributed by atoms with Gasteiger partial charge in [-0.25, -0.2) is 9.69 Å². The monoisotopic (exact) mass is 365 g/mol. The largest absolute Gasteiger partial charge is 0.464 e. The molecule has 2 aliphatic rings. The molecule has 114 valence electrons. The quantitative estimate of drug-likeness (QED) is 0.623. The summed E-state index contributed by atoms with van der Waals surface area (Å²) < 4.78 is 5.36. The predicted molar refractivity (Wildman–Crippen MR) is 81.2 cm³/mol. The second-order valence-electron chi connectivity index (χ2n) is 5.11. The minimum atomic E-state index is -1.19. The molecule has 1 fully saturated rings. The van der Waals surface area contributed by atoms with Gasteiger partial charge in [0.25, 0.3) is 5.91 Å². The van der Waals surface area contributed by atoms with Gasteiger partial charge in [0.1, 0.15) is 11.3 Å². The Morgan fingerprint density at radius 3 is 2.86 bits per heavy atom. The maximum Gasteiger partial charge on any atom is 0.354 e. The number of rotatable bonds is 2.